The Morgan fingerprint density at radius 1 is 1.28 bits per heavy atom. The molecule has 0 saturated heterocycles. The summed E-state index contributed by atoms with van der Waals surface area (Å²) in [5.74, 6) is 0.662. The van der Waals surface area contributed by atoms with E-state index in [1.54, 1.807) is 23.9 Å². The lowest BCUT2D eigenvalue weighted by molar-refractivity contribution is 0.465. The molecule has 1 aromatic carbocycles. The first-order valence-corrected chi connectivity index (χ1v) is 8.36. The van der Waals surface area contributed by atoms with Crippen LogP contribution in [0.3, 0.4) is 0 Å². The largest absolute Gasteiger partial charge is 0.356 e. The number of nitrogens with zero attached hydrogens (tertiary/aromatic N) is 4. The fourth-order valence-corrected chi connectivity index (χ4v) is 2.42. The van der Waals surface area contributed by atoms with Gasteiger partial charge in [0.15, 0.2) is 5.96 Å². The second kappa shape index (κ2) is 11.1. The van der Waals surface area contributed by atoms with Gasteiger partial charge < -0.3 is 10.2 Å². The number of guanidine groups is 1. The Morgan fingerprint density at radius 2 is 2.00 bits per heavy atom. The van der Waals surface area contributed by atoms with Gasteiger partial charge in [-0.1, -0.05) is 13.3 Å². The van der Waals surface area contributed by atoms with Crippen molar-refractivity contribution in [3.63, 3.8) is 0 Å². The van der Waals surface area contributed by atoms with Gasteiger partial charge in [-0.3, -0.25) is 4.99 Å². The molecule has 25 heavy (non-hydrogen) atoms. The molecular weight excluding hydrogens is 432 g/mol. The summed E-state index contributed by atoms with van der Waals surface area (Å²) >= 11 is 0. The van der Waals surface area contributed by atoms with Crippen LogP contribution in [0, 0.1) is 5.82 Å². The zero-order valence-corrected chi connectivity index (χ0v) is 17.4. The summed E-state index contributed by atoms with van der Waals surface area (Å²) in [5.41, 5.74) is 1.84. The van der Waals surface area contributed by atoms with Crippen molar-refractivity contribution in [1.29, 1.82) is 0 Å². The van der Waals surface area contributed by atoms with E-state index in [0.717, 1.165) is 43.3 Å². The monoisotopic (exact) mass is 459 g/mol. The zero-order chi connectivity index (χ0) is 17.4. The van der Waals surface area contributed by atoms with Gasteiger partial charge in [0.25, 0.3) is 0 Å². The quantitative estimate of drug-likeness (QED) is 0.392. The third-order valence-electron chi connectivity index (χ3n) is 3.82. The first-order valence-electron chi connectivity index (χ1n) is 8.36. The molecule has 5 nitrogen and oxygen atoms in total. The molecule has 0 aliphatic heterocycles. The van der Waals surface area contributed by atoms with Crippen LogP contribution in [-0.2, 0) is 6.42 Å². The van der Waals surface area contributed by atoms with Crippen molar-refractivity contribution in [2.24, 2.45) is 4.99 Å². The number of unbranched alkanes of at least 4 members (excludes halogenated alkanes) is 1. The van der Waals surface area contributed by atoms with Crippen LogP contribution in [0.1, 0.15) is 25.5 Å². The molecule has 1 aromatic heterocycles. The lowest BCUT2D eigenvalue weighted by Crippen LogP contribution is -2.40. The van der Waals surface area contributed by atoms with Crippen molar-refractivity contribution in [2.45, 2.75) is 26.2 Å². The SMILES string of the molecule is CCCCN(C)C(=NC)NCCc1ccn(-c2ccc(F)cc2)n1.I. The Bertz CT molecular complexity index is 654. The number of aromatic nitrogens is 2. The second-order valence-corrected chi connectivity index (χ2v) is 5.73. The number of aliphatic imine (C=N–C) groups is 1. The van der Waals surface area contributed by atoms with Gasteiger partial charge in [0.05, 0.1) is 11.4 Å². The molecule has 1 heterocycles. The number of hydrogen-bond donors (Lipinski definition) is 1. The number of rotatable bonds is 7. The summed E-state index contributed by atoms with van der Waals surface area (Å²) in [6, 6.07) is 8.29. The highest BCUT2D eigenvalue weighted by Gasteiger charge is 2.06. The standard InChI is InChI=1S/C18H26FN5.HI/c1-4-5-13-23(3)18(20-2)21-12-10-16-11-14-24(22-16)17-8-6-15(19)7-9-17;/h6-9,11,14H,4-5,10,12-13H2,1-3H3,(H,20,21);1H. The van der Waals surface area contributed by atoms with Crippen LogP contribution in [0.4, 0.5) is 4.39 Å². The van der Waals surface area contributed by atoms with Gasteiger partial charge in [0.1, 0.15) is 5.82 Å². The Balaban J connectivity index is 0.00000312. The van der Waals surface area contributed by atoms with E-state index in [1.807, 2.05) is 19.3 Å². The molecule has 0 saturated carbocycles. The lowest BCUT2D eigenvalue weighted by Gasteiger charge is -2.21. The maximum absolute atomic E-state index is 13.0. The molecule has 0 unspecified atom stereocenters. The summed E-state index contributed by atoms with van der Waals surface area (Å²) in [6.07, 6.45) is 5.01. The van der Waals surface area contributed by atoms with Gasteiger partial charge in [-0.25, -0.2) is 9.07 Å². The van der Waals surface area contributed by atoms with E-state index in [-0.39, 0.29) is 29.8 Å². The Labute approximate surface area is 166 Å². The van der Waals surface area contributed by atoms with Crippen molar-refractivity contribution in [3.8, 4) is 5.69 Å². The number of hydrogen-bond acceptors (Lipinski definition) is 2. The lowest BCUT2D eigenvalue weighted by atomic mass is 10.3. The molecule has 0 radical (unpaired) electrons. The van der Waals surface area contributed by atoms with Crippen LogP contribution in [0.2, 0.25) is 0 Å². The fraction of sp³-hybridized carbons (Fsp3) is 0.444. The van der Waals surface area contributed by atoms with Crippen LogP contribution in [-0.4, -0.2) is 47.8 Å². The highest BCUT2D eigenvalue weighted by atomic mass is 127. The molecule has 0 aliphatic carbocycles. The van der Waals surface area contributed by atoms with Crippen molar-refractivity contribution in [3.05, 3.63) is 48.0 Å². The Morgan fingerprint density at radius 3 is 2.64 bits per heavy atom. The molecule has 0 spiro atoms. The van der Waals surface area contributed by atoms with Crippen molar-refractivity contribution < 1.29 is 4.39 Å². The van der Waals surface area contributed by atoms with Crippen LogP contribution < -0.4 is 5.32 Å². The molecule has 0 fully saturated rings. The van der Waals surface area contributed by atoms with E-state index in [4.69, 9.17) is 0 Å². The molecule has 1 N–H and O–H groups in total. The smallest absolute Gasteiger partial charge is 0.193 e. The van der Waals surface area contributed by atoms with Crippen LogP contribution in [0.15, 0.2) is 41.5 Å². The normalized spacial score (nSPS) is 11.1. The van der Waals surface area contributed by atoms with Gasteiger partial charge >= 0.3 is 0 Å². The minimum Gasteiger partial charge on any atom is -0.356 e. The molecule has 0 aliphatic rings. The van der Waals surface area contributed by atoms with Gasteiger partial charge in [-0.15, -0.1) is 24.0 Å². The van der Waals surface area contributed by atoms with E-state index in [9.17, 15) is 4.39 Å². The zero-order valence-electron chi connectivity index (χ0n) is 15.1. The summed E-state index contributed by atoms with van der Waals surface area (Å²) in [7, 11) is 3.85. The minimum absolute atomic E-state index is 0. The van der Waals surface area contributed by atoms with Gasteiger partial charge in [0, 0.05) is 39.8 Å². The minimum atomic E-state index is -0.242. The average Bonchev–Trinajstić information content (AvgIpc) is 3.06. The van der Waals surface area contributed by atoms with Crippen LogP contribution in [0.25, 0.3) is 5.69 Å². The summed E-state index contributed by atoms with van der Waals surface area (Å²) < 4.78 is 14.7. The molecule has 138 valence electrons. The van der Waals surface area contributed by atoms with Gasteiger partial charge in [-0.2, -0.15) is 5.10 Å². The summed E-state index contributed by atoms with van der Waals surface area (Å²) in [6.45, 7) is 3.94. The van der Waals surface area contributed by atoms with E-state index < -0.39 is 0 Å². The predicted molar refractivity (Wildman–Crippen MR) is 112 cm³/mol. The molecule has 0 amide bonds. The topological polar surface area (TPSA) is 45.5 Å². The first kappa shape index (κ1) is 21.4. The van der Waals surface area contributed by atoms with Gasteiger partial charge in [-0.05, 0) is 36.8 Å². The van der Waals surface area contributed by atoms with Crippen molar-refractivity contribution in [2.75, 3.05) is 27.2 Å². The van der Waals surface area contributed by atoms with Crippen molar-refractivity contribution in [1.82, 2.24) is 20.0 Å². The maximum Gasteiger partial charge on any atom is 0.193 e. The third-order valence-corrected chi connectivity index (χ3v) is 3.82. The molecule has 7 heteroatoms. The third kappa shape index (κ3) is 6.64. The predicted octanol–water partition coefficient (Wildman–Crippen LogP) is 3.48. The summed E-state index contributed by atoms with van der Waals surface area (Å²) in [4.78, 5) is 6.44. The number of benzene rings is 1. The Kier molecular flexibility index (Phi) is 9.48. The van der Waals surface area contributed by atoms with Crippen LogP contribution in [0.5, 0.6) is 0 Å². The van der Waals surface area contributed by atoms with Gasteiger partial charge in [0.2, 0.25) is 0 Å². The molecule has 0 bridgehead atoms. The highest BCUT2D eigenvalue weighted by Crippen LogP contribution is 2.09. The van der Waals surface area contributed by atoms with E-state index >= 15 is 0 Å². The Hall–Kier alpha value is -1.64. The van der Waals surface area contributed by atoms with E-state index in [1.165, 1.54) is 18.6 Å². The number of halogens is 2. The van der Waals surface area contributed by atoms with E-state index in [2.05, 4.69) is 27.2 Å². The van der Waals surface area contributed by atoms with Crippen LogP contribution >= 0.6 is 24.0 Å². The molecular formula is C18H27FIN5. The highest BCUT2D eigenvalue weighted by molar-refractivity contribution is 14.0. The van der Waals surface area contributed by atoms with Crippen molar-refractivity contribution >= 4 is 29.9 Å². The van der Waals surface area contributed by atoms with E-state index in [0.29, 0.717) is 0 Å². The fourth-order valence-electron chi connectivity index (χ4n) is 2.42. The average molecular weight is 459 g/mol. The summed E-state index contributed by atoms with van der Waals surface area (Å²) in [5, 5.41) is 7.89. The molecule has 0 atom stereocenters. The molecule has 2 aromatic rings. The second-order valence-electron chi connectivity index (χ2n) is 5.73. The first-order chi connectivity index (χ1) is 11.6. The maximum atomic E-state index is 13.0. The number of nitrogens with one attached hydrogen (secondary N) is 1. The molecule has 2 rings (SSSR count).